The molecule has 0 saturated carbocycles. The largest absolute Gasteiger partial charge is 0.282 e. The van der Waals surface area contributed by atoms with Crippen LogP contribution in [-0.4, -0.2) is 15.9 Å². The summed E-state index contributed by atoms with van der Waals surface area (Å²) in [5.74, 6) is -0.900. The van der Waals surface area contributed by atoms with Crippen molar-refractivity contribution in [3.63, 3.8) is 0 Å². The number of pyridine rings is 1. The van der Waals surface area contributed by atoms with Crippen LogP contribution < -0.4 is 4.90 Å². The van der Waals surface area contributed by atoms with E-state index in [4.69, 9.17) is 0 Å². The van der Waals surface area contributed by atoms with E-state index < -0.39 is 0 Å². The molecule has 0 N–H and O–H groups in total. The zero-order valence-electron chi connectivity index (χ0n) is 14.7. The molecule has 140 valence electrons. The summed E-state index contributed by atoms with van der Waals surface area (Å²) in [6.07, 6.45) is 1.75. The lowest BCUT2D eigenvalue weighted by Crippen LogP contribution is -2.32. The first-order chi connectivity index (χ1) is 13.6. The molecular formula is C21H15F2N3OS. The molecule has 0 bridgehead atoms. The minimum atomic E-state index is -0.352. The Morgan fingerprint density at radius 1 is 1.00 bits per heavy atom. The summed E-state index contributed by atoms with van der Waals surface area (Å²) < 4.78 is 27.3. The maximum Gasteiger partial charge on any atom is 0.233 e. The maximum absolute atomic E-state index is 13.5. The van der Waals surface area contributed by atoms with E-state index in [2.05, 4.69) is 9.97 Å². The van der Waals surface area contributed by atoms with Crippen molar-refractivity contribution in [3.8, 4) is 0 Å². The Bertz CT molecular complexity index is 1110. The fraction of sp³-hybridized carbons (Fsp3) is 0.0952. The topological polar surface area (TPSA) is 46.1 Å². The molecule has 0 atom stereocenters. The zero-order chi connectivity index (χ0) is 19.5. The molecule has 28 heavy (non-hydrogen) atoms. The van der Waals surface area contributed by atoms with Crippen molar-refractivity contribution in [1.29, 1.82) is 0 Å². The van der Waals surface area contributed by atoms with Crippen molar-refractivity contribution >= 4 is 32.6 Å². The number of hydrogen-bond acceptors (Lipinski definition) is 4. The van der Waals surface area contributed by atoms with Crippen LogP contribution in [0.2, 0.25) is 0 Å². The van der Waals surface area contributed by atoms with Crippen molar-refractivity contribution in [3.05, 3.63) is 89.8 Å². The highest BCUT2D eigenvalue weighted by Gasteiger charge is 2.21. The fourth-order valence-electron chi connectivity index (χ4n) is 2.79. The van der Waals surface area contributed by atoms with Gasteiger partial charge in [0.15, 0.2) is 5.13 Å². The molecule has 4 rings (SSSR count). The summed E-state index contributed by atoms with van der Waals surface area (Å²) in [5.41, 5.74) is 2.03. The number of fused-ring (bicyclic) bond motifs is 1. The van der Waals surface area contributed by atoms with Crippen LogP contribution in [0.3, 0.4) is 0 Å². The molecule has 0 fully saturated rings. The minimum absolute atomic E-state index is 0.0946. The Labute approximate surface area is 164 Å². The second-order valence-corrected chi connectivity index (χ2v) is 7.22. The van der Waals surface area contributed by atoms with E-state index in [0.29, 0.717) is 26.6 Å². The van der Waals surface area contributed by atoms with Gasteiger partial charge in [0.2, 0.25) is 5.91 Å². The van der Waals surface area contributed by atoms with Crippen molar-refractivity contribution in [2.45, 2.75) is 13.0 Å². The molecular weight excluding hydrogens is 380 g/mol. The molecule has 4 nitrogen and oxygen atoms in total. The number of carbonyl (C=O) groups is 1. The molecule has 0 unspecified atom stereocenters. The van der Waals surface area contributed by atoms with E-state index >= 15 is 0 Å². The van der Waals surface area contributed by atoms with Gasteiger partial charge in [-0.1, -0.05) is 29.5 Å². The van der Waals surface area contributed by atoms with Crippen molar-refractivity contribution in [1.82, 2.24) is 9.97 Å². The number of carbonyl (C=O) groups excluding carboxylic acids is 1. The van der Waals surface area contributed by atoms with Gasteiger partial charge in [-0.2, -0.15) is 0 Å². The third-order valence-electron chi connectivity index (χ3n) is 4.19. The van der Waals surface area contributed by atoms with E-state index in [9.17, 15) is 13.6 Å². The summed E-state index contributed by atoms with van der Waals surface area (Å²) in [4.78, 5) is 23.4. The lowest BCUT2D eigenvalue weighted by molar-refractivity contribution is -0.118. The Hall–Kier alpha value is -3.19. The van der Waals surface area contributed by atoms with Gasteiger partial charge in [-0.3, -0.25) is 14.7 Å². The van der Waals surface area contributed by atoms with Crippen LogP contribution in [0.15, 0.2) is 66.9 Å². The van der Waals surface area contributed by atoms with Crippen molar-refractivity contribution in [2.24, 2.45) is 0 Å². The predicted octanol–water partition coefficient (Wildman–Crippen LogP) is 4.75. The van der Waals surface area contributed by atoms with Crippen LogP contribution in [0.5, 0.6) is 0 Å². The van der Waals surface area contributed by atoms with Gasteiger partial charge in [-0.25, -0.2) is 13.8 Å². The molecule has 2 aromatic heterocycles. The Balaban J connectivity index is 1.67. The van der Waals surface area contributed by atoms with Gasteiger partial charge in [-0.15, -0.1) is 0 Å². The first-order valence-corrected chi connectivity index (χ1v) is 9.41. The Morgan fingerprint density at radius 2 is 1.79 bits per heavy atom. The maximum atomic E-state index is 13.5. The van der Waals surface area contributed by atoms with Crippen molar-refractivity contribution < 1.29 is 13.6 Å². The summed E-state index contributed by atoms with van der Waals surface area (Å²) in [7, 11) is 0. The second-order valence-electron chi connectivity index (χ2n) is 6.21. The van der Waals surface area contributed by atoms with Gasteiger partial charge in [0, 0.05) is 6.20 Å². The van der Waals surface area contributed by atoms with E-state index in [1.165, 1.54) is 40.5 Å². The third kappa shape index (κ3) is 4.04. The molecule has 0 radical (unpaired) electrons. The number of anilines is 1. The van der Waals surface area contributed by atoms with Gasteiger partial charge in [-0.05, 0) is 48.0 Å². The molecule has 2 aromatic carbocycles. The average Bonchev–Trinajstić information content (AvgIpc) is 3.11. The van der Waals surface area contributed by atoms with Crippen molar-refractivity contribution in [2.75, 3.05) is 4.90 Å². The zero-order valence-corrected chi connectivity index (χ0v) is 15.5. The molecule has 2 heterocycles. The fourth-order valence-corrected chi connectivity index (χ4v) is 3.80. The number of hydrogen-bond donors (Lipinski definition) is 0. The number of amides is 1. The SMILES string of the molecule is O=C(Cc1ccc(F)cc1)N(Cc1ccccn1)c1nc2ccc(F)cc2s1. The second kappa shape index (κ2) is 7.82. The number of rotatable bonds is 5. The molecule has 0 aliphatic heterocycles. The van der Waals surface area contributed by atoms with Gasteiger partial charge in [0.25, 0.3) is 0 Å². The summed E-state index contributed by atoms with van der Waals surface area (Å²) in [6.45, 7) is 0.239. The minimum Gasteiger partial charge on any atom is -0.282 e. The van der Waals surface area contributed by atoms with E-state index in [1.807, 2.05) is 12.1 Å². The number of nitrogens with zero attached hydrogens (tertiary/aromatic N) is 3. The highest BCUT2D eigenvalue weighted by Crippen LogP contribution is 2.30. The molecule has 0 aliphatic rings. The van der Waals surface area contributed by atoms with Gasteiger partial charge >= 0.3 is 0 Å². The summed E-state index contributed by atoms with van der Waals surface area (Å²) in [5, 5.41) is 0.471. The smallest absolute Gasteiger partial charge is 0.233 e. The molecule has 1 amide bonds. The van der Waals surface area contributed by atoms with E-state index in [1.54, 1.807) is 30.5 Å². The van der Waals surface area contributed by atoms with Crippen LogP contribution in [0, 0.1) is 11.6 Å². The predicted molar refractivity (Wildman–Crippen MR) is 105 cm³/mol. The molecule has 4 aromatic rings. The molecule has 7 heteroatoms. The quantitative estimate of drug-likeness (QED) is 0.490. The molecule has 0 saturated heterocycles. The highest BCUT2D eigenvalue weighted by atomic mass is 32.1. The van der Waals surface area contributed by atoms with Crippen LogP contribution in [-0.2, 0) is 17.8 Å². The lowest BCUT2D eigenvalue weighted by Gasteiger charge is -2.19. The summed E-state index contributed by atoms with van der Waals surface area (Å²) >= 11 is 1.25. The standard InChI is InChI=1S/C21H15F2N3OS/c22-15-6-4-14(5-7-15)11-20(27)26(13-17-3-1-2-10-24-17)21-25-18-9-8-16(23)12-19(18)28-21/h1-10,12H,11,13H2. The van der Waals surface area contributed by atoms with Gasteiger partial charge in [0.05, 0.1) is 28.9 Å². The lowest BCUT2D eigenvalue weighted by atomic mass is 10.1. The number of benzene rings is 2. The van der Waals surface area contributed by atoms with Gasteiger partial charge < -0.3 is 0 Å². The average molecular weight is 395 g/mol. The third-order valence-corrected chi connectivity index (χ3v) is 5.23. The normalized spacial score (nSPS) is 10.9. The first kappa shape index (κ1) is 18.2. The summed E-state index contributed by atoms with van der Waals surface area (Å²) in [6, 6.07) is 15.6. The van der Waals surface area contributed by atoms with Crippen LogP contribution >= 0.6 is 11.3 Å². The van der Waals surface area contributed by atoms with E-state index in [-0.39, 0.29) is 30.5 Å². The molecule has 0 spiro atoms. The Morgan fingerprint density at radius 3 is 2.54 bits per heavy atom. The monoisotopic (exact) mass is 395 g/mol. The Kier molecular flexibility index (Phi) is 5.08. The molecule has 0 aliphatic carbocycles. The number of halogens is 2. The number of aromatic nitrogens is 2. The van der Waals surface area contributed by atoms with Crippen LogP contribution in [0.4, 0.5) is 13.9 Å². The van der Waals surface area contributed by atoms with E-state index in [0.717, 1.165) is 0 Å². The van der Waals surface area contributed by atoms with Crippen LogP contribution in [0.1, 0.15) is 11.3 Å². The highest BCUT2D eigenvalue weighted by molar-refractivity contribution is 7.22. The first-order valence-electron chi connectivity index (χ1n) is 8.59. The number of thiazole rings is 1. The van der Waals surface area contributed by atoms with Crippen LogP contribution in [0.25, 0.3) is 10.2 Å². The van der Waals surface area contributed by atoms with Gasteiger partial charge in [0.1, 0.15) is 11.6 Å².